The molecule has 5 aromatic heterocycles. The smallest absolute Gasteiger partial charge is 0.178 e. The molecule has 0 spiro atoms. The van der Waals surface area contributed by atoms with Gasteiger partial charge in [-0.2, -0.15) is 0 Å². The van der Waals surface area contributed by atoms with E-state index in [1.807, 2.05) is 30.3 Å². The molecule has 0 aliphatic carbocycles. The number of benzene rings is 9. The Morgan fingerprint density at radius 3 is 1.70 bits per heavy atom. The number of hydrogen-bond donors (Lipinski definition) is 0. The topological polar surface area (TPSA) is 57.0 Å². The molecule has 14 aromatic rings. The molecule has 0 saturated carbocycles. The first kappa shape index (κ1) is 35.3. The summed E-state index contributed by atoms with van der Waals surface area (Å²) in [7, 11) is 0. The molecule has 14 rings (SSSR count). The summed E-state index contributed by atoms with van der Waals surface area (Å²) in [6.45, 7) is 0. The van der Waals surface area contributed by atoms with Gasteiger partial charge in [-0.15, -0.1) is 11.3 Å². The van der Waals surface area contributed by atoms with E-state index in [-0.39, 0.29) is 0 Å². The Bertz CT molecular complexity index is 4120. The molecule has 64 heavy (non-hydrogen) atoms. The zero-order valence-electron chi connectivity index (χ0n) is 34.1. The number of para-hydroxylation sites is 2. The first-order chi connectivity index (χ1) is 31.7. The molecule has 6 heteroatoms. The van der Waals surface area contributed by atoms with Crippen molar-refractivity contribution in [3.8, 4) is 50.6 Å². The van der Waals surface area contributed by atoms with Crippen molar-refractivity contribution in [3.05, 3.63) is 200 Å². The lowest BCUT2D eigenvalue weighted by molar-refractivity contribution is 0.635. The van der Waals surface area contributed by atoms with E-state index in [0.717, 1.165) is 126 Å². The summed E-state index contributed by atoms with van der Waals surface area (Å²) in [5.41, 5.74) is 14.7. The van der Waals surface area contributed by atoms with E-state index in [1.165, 1.54) is 4.70 Å². The minimum atomic E-state index is 0.704. The van der Waals surface area contributed by atoms with E-state index in [9.17, 15) is 0 Å². The second kappa shape index (κ2) is 13.6. The Morgan fingerprint density at radius 1 is 0.406 bits per heavy atom. The van der Waals surface area contributed by atoms with Crippen LogP contribution in [-0.4, -0.2) is 14.5 Å². The first-order valence-electron chi connectivity index (χ1n) is 21.5. The molecule has 0 bridgehead atoms. The number of thiophene rings is 1. The van der Waals surface area contributed by atoms with Crippen LogP contribution in [0.1, 0.15) is 0 Å². The van der Waals surface area contributed by atoms with Gasteiger partial charge in [-0.1, -0.05) is 146 Å². The fourth-order valence-corrected chi connectivity index (χ4v) is 11.1. The van der Waals surface area contributed by atoms with Gasteiger partial charge in [0.2, 0.25) is 0 Å². The standard InChI is InChI=1S/C58H33N3O2S/c1-4-16-34(17-5-1)44-32-37(51-57-52(43-24-12-15-27-49(43)64-57)60-58(59-51)36-20-8-3-9-21-36)33-45(35-18-6-2-7-19-35)53(44)61-46-25-13-10-23-42(46)50-47(61)31-30-40-41-29-28-39-38-22-11-14-26-48(38)62-55(39)56(41)63-54(40)50/h1-33H. The molecule has 9 aromatic carbocycles. The SMILES string of the molecule is c1ccc(-c2nc(-c3cc(-c4ccccc4)c(-n4c5ccccc5c5c6oc7c(ccc8c9ccccc9oc87)c6ccc54)c(-c4ccccc4)c3)c3sc4ccccc4c3n2)cc1. The van der Waals surface area contributed by atoms with Gasteiger partial charge in [0, 0.05) is 59.3 Å². The third-order valence-electron chi connectivity index (χ3n) is 12.8. The average molecular weight is 836 g/mol. The fourth-order valence-electron chi connectivity index (χ4n) is 9.96. The van der Waals surface area contributed by atoms with Gasteiger partial charge >= 0.3 is 0 Å². The van der Waals surface area contributed by atoms with Crippen LogP contribution in [0, 0.1) is 0 Å². The zero-order valence-corrected chi connectivity index (χ0v) is 34.9. The molecule has 0 fully saturated rings. The van der Waals surface area contributed by atoms with Crippen LogP contribution >= 0.6 is 11.3 Å². The Morgan fingerprint density at radius 2 is 0.969 bits per heavy atom. The molecule has 0 aliphatic rings. The highest BCUT2D eigenvalue weighted by atomic mass is 32.1. The normalized spacial score (nSPS) is 12.1. The molecular formula is C58H33N3O2S. The minimum Gasteiger partial charge on any atom is -0.452 e. The molecule has 0 aliphatic heterocycles. The van der Waals surface area contributed by atoms with Gasteiger partial charge in [0.15, 0.2) is 17.0 Å². The van der Waals surface area contributed by atoms with Gasteiger partial charge in [0.25, 0.3) is 0 Å². The lowest BCUT2D eigenvalue weighted by Gasteiger charge is -2.21. The van der Waals surface area contributed by atoms with Crippen LogP contribution in [0.3, 0.4) is 0 Å². The molecule has 5 heterocycles. The summed E-state index contributed by atoms with van der Waals surface area (Å²) in [6, 6.07) is 70.8. The largest absolute Gasteiger partial charge is 0.452 e. The Kier molecular flexibility index (Phi) is 7.49. The third-order valence-corrected chi connectivity index (χ3v) is 14.0. The predicted octanol–water partition coefficient (Wildman–Crippen LogP) is 16.4. The monoisotopic (exact) mass is 835 g/mol. The number of furan rings is 2. The molecule has 0 radical (unpaired) electrons. The number of fused-ring (bicyclic) bond motifs is 14. The quantitative estimate of drug-likeness (QED) is 0.173. The number of hydrogen-bond acceptors (Lipinski definition) is 5. The number of rotatable bonds is 5. The van der Waals surface area contributed by atoms with Crippen molar-refractivity contribution in [1.29, 1.82) is 0 Å². The summed E-state index contributed by atoms with van der Waals surface area (Å²) >= 11 is 1.75. The molecule has 298 valence electrons. The molecule has 0 unspecified atom stereocenters. The summed E-state index contributed by atoms with van der Waals surface area (Å²) in [4.78, 5) is 10.7. The van der Waals surface area contributed by atoms with Gasteiger partial charge in [0.05, 0.1) is 38.0 Å². The van der Waals surface area contributed by atoms with Crippen molar-refractivity contribution in [2.75, 3.05) is 0 Å². The van der Waals surface area contributed by atoms with Gasteiger partial charge in [0.1, 0.15) is 11.2 Å². The van der Waals surface area contributed by atoms with Gasteiger partial charge in [-0.25, -0.2) is 9.97 Å². The number of nitrogens with zero attached hydrogens (tertiary/aromatic N) is 3. The highest BCUT2D eigenvalue weighted by Gasteiger charge is 2.26. The van der Waals surface area contributed by atoms with Crippen molar-refractivity contribution in [2.24, 2.45) is 0 Å². The van der Waals surface area contributed by atoms with Crippen molar-refractivity contribution < 1.29 is 8.83 Å². The Balaban J connectivity index is 1.11. The highest BCUT2D eigenvalue weighted by Crippen LogP contribution is 2.48. The summed E-state index contributed by atoms with van der Waals surface area (Å²) in [5.74, 6) is 0.704. The molecule has 0 amide bonds. The van der Waals surface area contributed by atoms with Gasteiger partial charge in [-0.3, -0.25) is 0 Å². The number of aromatic nitrogens is 3. The molecule has 5 nitrogen and oxygen atoms in total. The van der Waals surface area contributed by atoms with Crippen LogP contribution in [0.2, 0.25) is 0 Å². The van der Waals surface area contributed by atoms with Crippen LogP contribution in [0.4, 0.5) is 0 Å². The first-order valence-corrected chi connectivity index (χ1v) is 22.3. The van der Waals surface area contributed by atoms with E-state index in [4.69, 9.17) is 18.8 Å². The van der Waals surface area contributed by atoms with Gasteiger partial charge < -0.3 is 13.4 Å². The van der Waals surface area contributed by atoms with E-state index in [1.54, 1.807) is 11.3 Å². The lowest BCUT2D eigenvalue weighted by atomic mass is 9.91. The zero-order chi connectivity index (χ0) is 41.9. The van der Waals surface area contributed by atoms with Crippen LogP contribution in [0.25, 0.3) is 137 Å². The average Bonchev–Trinajstić information content (AvgIpc) is 4.13. The fraction of sp³-hybridized carbons (Fsp3) is 0. The van der Waals surface area contributed by atoms with E-state index in [2.05, 4.69) is 174 Å². The molecule has 0 atom stereocenters. The van der Waals surface area contributed by atoms with Crippen LogP contribution < -0.4 is 0 Å². The van der Waals surface area contributed by atoms with E-state index in [0.29, 0.717) is 5.82 Å². The van der Waals surface area contributed by atoms with Crippen molar-refractivity contribution >= 4 is 97.3 Å². The second-order valence-electron chi connectivity index (χ2n) is 16.4. The molecular weight excluding hydrogens is 803 g/mol. The van der Waals surface area contributed by atoms with Crippen molar-refractivity contribution in [2.45, 2.75) is 0 Å². The minimum absolute atomic E-state index is 0.704. The predicted molar refractivity (Wildman–Crippen MR) is 266 cm³/mol. The Hall–Kier alpha value is -8.32. The van der Waals surface area contributed by atoms with Crippen molar-refractivity contribution in [3.63, 3.8) is 0 Å². The molecule has 0 saturated heterocycles. The molecule has 0 N–H and O–H groups in total. The van der Waals surface area contributed by atoms with E-state index >= 15 is 0 Å². The maximum Gasteiger partial charge on any atom is 0.178 e. The maximum atomic E-state index is 7.07. The van der Waals surface area contributed by atoms with Crippen LogP contribution in [0.15, 0.2) is 209 Å². The second-order valence-corrected chi connectivity index (χ2v) is 17.5. The van der Waals surface area contributed by atoms with Crippen LogP contribution in [0.5, 0.6) is 0 Å². The maximum absolute atomic E-state index is 7.07. The summed E-state index contributed by atoms with van der Waals surface area (Å²) in [5, 5.41) is 7.53. The Labute approximate surface area is 369 Å². The third kappa shape index (κ3) is 5.11. The van der Waals surface area contributed by atoms with E-state index < -0.39 is 0 Å². The summed E-state index contributed by atoms with van der Waals surface area (Å²) in [6.07, 6.45) is 0. The van der Waals surface area contributed by atoms with Crippen LogP contribution in [-0.2, 0) is 0 Å². The van der Waals surface area contributed by atoms with Crippen molar-refractivity contribution in [1.82, 2.24) is 14.5 Å². The highest BCUT2D eigenvalue weighted by molar-refractivity contribution is 7.26. The summed E-state index contributed by atoms with van der Waals surface area (Å²) < 4.78 is 18.3. The van der Waals surface area contributed by atoms with Gasteiger partial charge in [-0.05, 0) is 65.7 Å². The lowest BCUT2D eigenvalue weighted by Crippen LogP contribution is -2.02.